The van der Waals surface area contributed by atoms with Crippen LogP contribution in [0.3, 0.4) is 0 Å². The lowest BCUT2D eigenvalue weighted by molar-refractivity contribution is -0.114. The van der Waals surface area contributed by atoms with E-state index in [0.717, 1.165) is 26.2 Å². The van der Waals surface area contributed by atoms with E-state index in [2.05, 4.69) is 21.2 Å². The second-order valence-corrected chi connectivity index (χ2v) is 6.14. The van der Waals surface area contributed by atoms with Crippen LogP contribution in [0.2, 0.25) is 0 Å². The third-order valence-corrected chi connectivity index (χ3v) is 4.08. The van der Waals surface area contributed by atoms with Crippen LogP contribution in [0.25, 0.3) is 0 Å². The Morgan fingerprint density at radius 3 is 2.50 bits per heavy atom. The van der Waals surface area contributed by atoms with E-state index in [4.69, 9.17) is 0 Å². The lowest BCUT2D eigenvalue weighted by Crippen LogP contribution is -2.05. The van der Waals surface area contributed by atoms with Gasteiger partial charge in [-0.05, 0) is 42.5 Å². The first-order valence-corrected chi connectivity index (χ1v) is 7.49. The summed E-state index contributed by atoms with van der Waals surface area (Å²) in [7, 11) is 0. The average Bonchev–Trinajstić information content (AvgIpc) is 2.41. The Morgan fingerprint density at radius 2 is 1.90 bits per heavy atom. The first kappa shape index (κ1) is 14.8. The molecule has 0 fully saturated rings. The number of benzene rings is 2. The van der Waals surface area contributed by atoms with Crippen molar-refractivity contribution >= 4 is 45.6 Å². The fraction of sp³-hybridized carbons (Fsp3) is 0.0667. The molecule has 0 aromatic heterocycles. The van der Waals surface area contributed by atoms with Gasteiger partial charge in [-0.2, -0.15) is 0 Å². The van der Waals surface area contributed by atoms with Crippen molar-refractivity contribution in [1.29, 1.82) is 0 Å². The van der Waals surface area contributed by atoms with Crippen molar-refractivity contribution in [2.24, 2.45) is 0 Å². The Bertz CT molecular complexity index is 641. The van der Waals surface area contributed by atoms with Crippen molar-refractivity contribution in [2.45, 2.75) is 16.7 Å². The van der Waals surface area contributed by atoms with Crippen LogP contribution >= 0.6 is 27.7 Å². The molecule has 0 saturated carbocycles. The second kappa shape index (κ2) is 6.72. The largest absolute Gasteiger partial charge is 0.326 e. The van der Waals surface area contributed by atoms with Gasteiger partial charge in [0.2, 0.25) is 5.91 Å². The maximum atomic E-state index is 11.0. The maximum Gasteiger partial charge on any atom is 0.221 e. The molecular formula is C15H12BrNO2S. The minimum absolute atomic E-state index is 0.0966. The van der Waals surface area contributed by atoms with Crippen molar-refractivity contribution in [1.82, 2.24) is 0 Å². The molecule has 2 aromatic rings. The van der Waals surface area contributed by atoms with Crippen molar-refractivity contribution < 1.29 is 9.59 Å². The summed E-state index contributed by atoms with van der Waals surface area (Å²) >= 11 is 4.91. The molecule has 2 aromatic carbocycles. The number of halogens is 1. The number of hydrogen-bond donors (Lipinski definition) is 1. The van der Waals surface area contributed by atoms with Gasteiger partial charge in [-0.3, -0.25) is 9.59 Å². The molecule has 5 heteroatoms. The van der Waals surface area contributed by atoms with Crippen LogP contribution < -0.4 is 5.32 Å². The zero-order valence-electron chi connectivity index (χ0n) is 10.7. The zero-order chi connectivity index (χ0) is 14.5. The van der Waals surface area contributed by atoms with Gasteiger partial charge >= 0.3 is 0 Å². The zero-order valence-corrected chi connectivity index (χ0v) is 13.1. The summed E-state index contributed by atoms with van der Waals surface area (Å²) in [5, 5.41) is 2.72. The highest BCUT2D eigenvalue weighted by atomic mass is 79.9. The Hall–Kier alpha value is -1.59. The predicted molar refractivity (Wildman–Crippen MR) is 84.4 cm³/mol. The lowest BCUT2D eigenvalue weighted by Gasteiger charge is -2.07. The van der Waals surface area contributed by atoms with Crippen molar-refractivity contribution in [2.75, 3.05) is 5.32 Å². The van der Waals surface area contributed by atoms with Gasteiger partial charge in [-0.1, -0.05) is 27.7 Å². The van der Waals surface area contributed by atoms with Gasteiger partial charge < -0.3 is 5.32 Å². The van der Waals surface area contributed by atoms with Crippen LogP contribution in [0.4, 0.5) is 5.69 Å². The van der Waals surface area contributed by atoms with E-state index in [1.54, 1.807) is 6.07 Å². The number of rotatable bonds is 4. The van der Waals surface area contributed by atoms with Crippen LogP contribution in [0, 0.1) is 0 Å². The maximum absolute atomic E-state index is 11.0. The Kier molecular flexibility index (Phi) is 4.98. The van der Waals surface area contributed by atoms with Crippen LogP contribution in [-0.4, -0.2) is 12.2 Å². The molecule has 1 amide bonds. The van der Waals surface area contributed by atoms with Gasteiger partial charge in [0.15, 0.2) is 6.29 Å². The summed E-state index contributed by atoms with van der Waals surface area (Å²) in [5.74, 6) is -0.0966. The van der Waals surface area contributed by atoms with Crippen LogP contribution in [0.5, 0.6) is 0 Å². The topological polar surface area (TPSA) is 46.2 Å². The minimum atomic E-state index is -0.0966. The third kappa shape index (κ3) is 3.95. The highest BCUT2D eigenvalue weighted by molar-refractivity contribution is 9.10. The standard InChI is InChI=1S/C15H12BrNO2S/c1-10(19)17-13-4-6-14(7-5-13)20-15-8-12(16)3-2-11(15)9-18/h2-9H,1H3,(H,17,19). The molecule has 1 N–H and O–H groups in total. The normalized spacial score (nSPS) is 10.1. The highest BCUT2D eigenvalue weighted by Crippen LogP contribution is 2.32. The summed E-state index contributed by atoms with van der Waals surface area (Å²) in [4.78, 5) is 23.9. The number of nitrogens with one attached hydrogen (secondary N) is 1. The van der Waals surface area contributed by atoms with E-state index in [0.29, 0.717) is 5.56 Å². The summed E-state index contributed by atoms with van der Waals surface area (Å²) in [6.07, 6.45) is 0.848. The Balaban J connectivity index is 2.19. The molecule has 0 atom stereocenters. The molecule has 3 nitrogen and oxygen atoms in total. The monoisotopic (exact) mass is 349 g/mol. The quantitative estimate of drug-likeness (QED) is 0.833. The molecule has 0 aliphatic rings. The molecule has 0 radical (unpaired) electrons. The van der Waals surface area contributed by atoms with E-state index in [1.807, 2.05) is 36.4 Å². The smallest absolute Gasteiger partial charge is 0.221 e. The molecule has 0 aliphatic heterocycles. The second-order valence-electron chi connectivity index (χ2n) is 4.11. The first-order valence-electron chi connectivity index (χ1n) is 5.89. The number of aldehydes is 1. The lowest BCUT2D eigenvalue weighted by atomic mass is 10.2. The molecule has 2 rings (SSSR count). The molecular weight excluding hydrogens is 338 g/mol. The highest BCUT2D eigenvalue weighted by Gasteiger charge is 2.05. The van der Waals surface area contributed by atoms with Crippen molar-refractivity contribution in [3.8, 4) is 0 Å². The summed E-state index contributed by atoms with van der Waals surface area (Å²) < 4.78 is 0.931. The molecule has 0 unspecified atom stereocenters. The van der Waals surface area contributed by atoms with Crippen LogP contribution in [-0.2, 0) is 4.79 Å². The van der Waals surface area contributed by atoms with Gasteiger partial charge in [0.25, 0.3) is 0 Å². The number of carbonyl (C=O) groups excluding carboxylic acids is 2. The summed E-state index contributed by atoms with van der Waals surface area (Å²) in [5.41, 5.74) is 1.41. The van der Waals surface area contributed by atoms with Crippen LogP contribution in [0.15, 0.2) is 56.7 Å². The van der Waals surface area contributed by atoms with Crippen molar-refractivity contribution in [3.05, 3.63) is 52.5 Å². The van der Waals surface area contributed by atoms with Gasteiger partial charge in [-0.15, -0.1) is 0 Å². The van der Waals surface area contributed by atoms with Gasteiger partial charge in [0, 0.05) is 32.4 Å². The summed E-state index contributed by atoms with van der Waals surface area (Å²) in [6.45, 7) is 1.47. The summed E-state index contributed by atoms with van der Waals surface area (Å²) in [6, 6.07) is 13.0. The number of hydrogen-bond acceptors (Lipinski definition) is 3. The van der Waals surface area contributed by atoms with E-state index in [1.165, 1.54) is 18.7 Å². The molecule has 0 aliphatic carbocycles. The third-order valence-electron chi connectivity index (χ3n) is 2.51. The fourth-order valence-corrected chi connectivity index (χ4v) is 3.09. The molecule has 0 heterocycles. The van der Waals surface area contributed by atoms with Gasteiger partial charge in [-0.25, -0.2) is 0 Å². The predicted octanol–water partition coefficient (Wildman–Crippen LogP) is 4.37. The van der Waals surface area contributed by atoms with Gasteiger partial charge in [0.05, 0.1) is 0 Å². The van der Waals surface area contributed by atoms with E-state index < -0.39 is 0 Å². The SMILES string of the molecule is CC(=O)Nc1ccc(Sc2cc(Br)ccc2C=O)cc1. The molecule has 20 heavy (non-hydrogen) atoms. The van der Waals surface area contributed by atoms with Crippen molar-refractivity contribution in [3.63, 3.8) is 0 Å². The fourth-order valence-electron chi connectivity index (χ4n) is 1.63. The average molecular weight is 350 g/mol. The molecule has 102 valence electrons. The van der Waals surface area contributed by atoms with Gasteiger partial charge in [0.1, 0.15) is 0 Å². The van der Waals surface area contributed by atoms with Crippen LogP contribution in [0.1, 0.15) is 17.3 Å². The molecule has 0 bridgehead atoms. The Labute approximate surface area is 129 Å². The van der Waals surface area contributed by atoms with E-state index in [-0.39, 0.29) is 5.91 Å². The number of anilines is 1. The van der Waals surface area contributed by atoms with E-state index in [9.17, 15) is 9.59 Å². The minimum Gasteiger partial charge on any atom is -0.326 e. The Morgan fingerprint density at radius 1 is 1.20 bits per heavy atom. The molecule has 0 saturated heterocycles. The molecule has 0 spiro atoms. The number of amides is 1. The first-order chi connectivity index (χ1) is 9.58. The number of carbonyl (C=O) groups is 2. The van der Waals surface area contributed by atoms with E-state index >= 15 is 0 Å².